The zero-order chi connectivity index (χ0) is 6.85. The van der Waals surface area contributed by atoms with Crippen LogP contribution in [-0.2, 0) is 0 Å². The first-order valence-corrected chi connectivity index (χ1v) is 2.63. The van der Waals surface area contributed by atoms with Gasteiger partial charge in [-0.15, -0.1) is 0 Å². The highest BCUT2D eigenvalue weighted by atomic mass is 15.4. The first-order valence-electron chi connectivity index (χ1n) is 2.63. The summed E-state index contributed by atoms with van der Waals surface area (Å²) in [5.74, 6) is 0.113. The topological polar surface area (TPSA) is 91.3 Å². The molecule has 1 rings (SSSR count). The Bertz CT molecular complexity index is 152. The Kier molecular flexibility index (Phi) is 1.26. The second kappa shape index (κ2) is 1.93. The van der Waals surface area contributed by atoms with Crippen LogP contribution in [-0.4, -0.2) is 29.9 Å². The van der Waals surface area contributed by atoms with Crippen molar-refractivity contribution in [2.75, 3.05) is 13.1 Å². The average molecular weight is 127 g/mol. The normalized spacial score (nSPS) is 14.9. The van der Waals surface area contributed by atoms with Crippen LogP contribution in [0, 0.1) is 5.41 Å². The van der Waals surface area contributed by atoms with E-state index >= 15 is 0 Å². The van der Waals surface area contributed by atoms with Gasteiger partial charge < -0.3 is 16.4 Å². The minimum atomic E-state index is -0.0492. The molecule has 0 radical (unpaired) electrons. The first kappa shape index (κ1) is 5.87. The van der Waals surface area contributed by atoms with Gasteiger partial charge in [-0.25, -0.2) is 0 Å². The van der Waals surface area contributed by atoms with E-state index in [0.717, 1.165) is 13.1 Å². The third-order valence-electron chi connectivity index (χ3n) is 0.982. The standard InChI is InChI=1S/C4H9N5/c5-3(6)8-4(7)9-1-2-9/h1-2H2,(H5,5,6,7,8). The Labute approximate surface area is 52.8 Å². The number of hydrogen-bond donors (Lipinski definition) is 3. The van der Waals surface area contributed by atoms with Crippen molar-refractivity contribution in [1.29, 1.82) is 5.41 Å². The van der Waals surface area contributed by atoms with Crippen molar-refractivity contribution < 1.29 is 0 Å². The third-order valence-corrected chi connectivity index (χ3v) is 0.982. The maximum Gasteiger partial charge on any atom is 0.221 e. The van der Waals surface area contributed by atoms with Crippen molar-refractivity contribution in [2.24, 2.45) is 16.5 Å². The summed E-state index contributed by atoms with van der Waals surface area (Å²) >= 11 is 0. The molecule has 50 valence electrons. The molecule has 0 saturated carbocycles. The molecule has 1 aliphatic rings. The van der Waals surface area contributed by atoms with Crippen LogP contribution in [0.5, 0.6) is 0 Å². The lowest BCUT2D eigenvalue weighted by atomic mass is 10.9. The van der Waals surface area contributed by atoms with Crippen molar-refractivity contribution in [3.8, 4) is 0 Å². The van der Waals surface area contributed by atoms with Crippen LogP contribution in [0.4, 0.5) is 0 Å². The predicted octanol–water partition coefficient (Wildman–Crippen LogP) is -1.49. The lowest BCUT2D eigenvalue weighted by Gasteiger charge is -1.95. The zero-order valence-corrected chi connectivity index (χ0v) is 4.96. The molecule has 5 nitrogen and oxygen atoms in total. The SMILES string of the molecule is N=C(N=C(N)N)N1CC1. The number of rotatable bonds is 0. The van der Waals surface area contributed by atoms with Gasteiger partial charge in [-0.3, -0.25) is 5.41 Å². The number of guanidine groups is 2. The highest BCUT2D eigenvalue weighted by Crippen LogP contribution is 2.03. The zero-order valence-electron chi connectivity index (χ0n) is 4.96. The minimum Gasteiger partial charge on any atom is -0.370 e. The van der Waals surface area contributed by atoms with Crippen LogP contribution in [0.2, 0.25) is 0 Å². The summed E-state index contributed by atoms with van der Waals surface area (Å²) in [6.45, 7) is 1.80. The molecule has 9 heavy (non-hydrogen) atoms. The molecule has 5 heteroatoms. The van der Waals surface area contributed by atoms with Crippen molar-refractivity contribution >= 4 is 11.9 Å². The summed E-state index contributed by atoms with van der Waals surface area (Å²) < 4.78 is 0. The Morgan fingerprint density at radius 3 is 2.33 bits per heavy atom. The smallest absolute Gasteiger partial charge is 0.221 e. The maximum absolute atomic E-state index is 7.11. The largest absolute Gasteiger partial charge is 0.370 e. The summed E-state index contributed by atoms with van der Waals surface area (Å²) in [6, 6.07) is 0. The molecular formula is C4H9N5. The third kappa shape index (κ3) is 1.60. The lowest BCUT2D eigenvalue weighted by molar-refractivity contribution is 0.820. The van der Waals surface area contributed by atoms with Gasteiger partial charge in [0.2, 0.25) is 5.96 Å². The number of nitrogens with zero attached hydrogens (tertiary/aromatic N) is 2. The summed E-state index contributed by atoms with van der Waals surface area (Å²) in [5, 5.41) is 7.11. The quantitative estimate of drug-likeness (QED) is 0.210. The van der Waals surface area contributed by atoms with Gasteiger partial charge in [0, 0.05) is 13.1 Å². The van der Waals surface area contributed by atoms with Crippen molar-refractivity contribution in [2.45, 2.75) is 0 Å². The Hall–Kier alpha value is -1.26. The molecule has 1 aliphatic heterocycles. The fourth-order valence-corrected chi connectivity index (χ4v) is 0.455. The van der Waals surface area contributed by atoms with Crippen LogP contribution in [0.3, 0.4) is 0 Å². The Balaban J connectivity index is 2.42. The Morgan fingerprint density at radius 1 is 1.44 bits per heavy atom. The molecule has 0 bridgehead atoms. The van der Waals surface area contributed by atoms with E-state index in [9.17, 15) is 0 Å². The van der Waals surface area contributed by atoms with E-state index in [2.05, 4.69) is 4.99 Å². The van der Waals surface area contributed by atoms with E-state index in [1.165, 1.54) is 0 Å². The second-order valence-corrected chi connectivity index (χ2v) is 1.85. The molecule has 0 aromatic carbocycles. The molecule has 0 atom stereocenters. The van der Waals surface area contributed by atoms with Gasteiger partial charge >= 0.3 is 0 Å². The van der Waals surface area contributed by atoms with Gasteiger partial charge in [-0.1, -0.05) is 0 Å². The van der Waals surface area contributed by atoms with Gasteiger partial charge in [0.05, 0.1) is 0 Å². The minimum absolute atomic E-state index is 0.0492. The molecule has 1 fully saturated rings. The van der Waals surface area contributed by atoms with Gasteiger partial charge in [0.25, 0.3) is 0 Å². The van der Waals surface area contributed by atoms with Crippen LogP contribution >= 0.6 is 0 Å². The number of aliphatic imine (C=N–C) groups is 1. The van der Waals surface area contributed by atoms with Crippen LogP contribution < -0.4 is 11.5 Å². The maximum atomic E-state index is 7.11. The predicted molar refractivity (Wildman–Crippen MR) is 35.1 cm³/mol. The summed E-state index contributed by atoms with van der Waals surface area (Å²) in [4.78, 5) is 5.27. The molecule has 5 N–H and O–H groups in total. The molecular weight excluding hydrogens is 118 g/mol. The molecule has 0 amide bonds. The van der Waals surface area contributed by atoms with Gasteiger partial charge in [-0.05, 0) is 0 Å². The molecule has 1 saturated heterocycles. The fraction of sp³-hybridized carbons (Fsp3) is 0.500. The molecule has 0 aliphatic carbocycles. The van der Waals surface area contributed by atoms with E-state index < -0.39 is 0 Å². The van der Waals surface area contributed by atoms with E-state index in [0.29, 0.717) is 0 Å². The monoisotopic (exact) mass is 127 g/mol. The van der Waals surface area contributed by atoms with Gasteiger partial charge in [0.1, 0.15) is 0 Å². The van der Waals surface area contributed by atoms with Crippen molar-refractivity contribution in [3.63, 3.8) is 0 Å². The Morgan fingerprint density at radius 2 is 2.00 bits per heavy atom. The lowest BCUT2D eigenvalue weighted by Crippen LogP contribution is -2.25. The summed E-state index contributed by atoms with van der Waals surface area (Å²) in [7, 11) is 0. The van der Waals surface area contributed by atoms with E-state index in [1.54, 1.807) is 4.90 Å². The molecule has 0 unspecified atom stereocenters. The van der Waals surface area contributed by atoms with Crippen LogP contribution in [0.1, 0.15) is 0 Å². The van der Waals surface area contributed by atoms with E-state index in [4.69, 9.17) is 16.9 Å². The van der Waals surface area contributed by atoms with E-state index in [-0.39, 0.29) is 11.9 Å². The van der Waals surface area contributed by atoms with Crippen molar-refractivity contribution in [1.82, 2.24) is 4.90 Å². The van der Waals surface area contributed by atoms with Crippen LogP contribution in [0.15, 0.2) is 4.99 Å². The van der Waals surface area contributed by atoms with Gasteiger partial charge in [0.15, 0.2) is 5.96 Å². The fourth-order valence-electron chi connectivity index (χ4n) is 0.455. The summed E-state index contributed by atoms with van der Waals surface area (Å²) in [6.07, 6.45) is 0. The van der Waals surface area contributed by atoms with E-state index in [1.807, 2.05) is 0 Å². The number of nitrogens with two attached hydrogens (primary N) is 2. The molecule has 0 spiro atoms. The number of nitrogens with one attached hydrogen (secondary N) is 1. The highest BCUT2D eigenvalue weighted by molar-refractivity contribution is 5.92. The highest BCUT2D eigenvalue weighted by Gasteiger charge is 2.19. The van der Waals surface area contributed by atoms with Crippen molar-refractivity contribution in [3.05, 3.63) is 0 Å². The van der Waals surface area contributed by atoms with Crippen LogP contribution in [0.25, 0.3) is 0 Å². The average Bonchev–Trinajstić information content (AvgIpc) is 2.40. The summed E-state index contributed by atoms with van der Waals surface area (Å²) in [5.41, 5.74) is 10.0. The second-order valence-electron chi connectivity index (χ2n) is 1.85. The molecule has 0 aromatic rings. The molecule has 0 aromatic heterocycles. The van der Waals surface area contributed by atoms with Gasteiger partial charge in [-0.2, -0.15) is 4.99 Å². The molecule has 1 heterocycles. The first-order chi connectivity index (χ1) is 4.20. The number of hydrogen-bond acceptors (Lipinski definition) is 1.